The highest BCUT2D eigenvalue weighted by Crippen LogP contribution is 2.61. The van der Waals surface area contributed by atoms with E-state index in [1.807, 2.05) is 0 Å². The number of methoxy groups -OCH3 is 1. The molecule has 0 aromatic heterocycles. The number of rotatable bonds is 6. The summed E-state index contributed by atoms with van der Waals surface area (Å²) in [5.41, 5.74) is -1.56. The Bertz CT molecular complexity index is 854. The van der Waals surface area contributed by atoms with E-state index in [1.165, 1.54) is 25.3 Å². The van der Waals surface area contributed by atoms with E-state index in [0.29, 0.717) is 31.1 Å². The summed E-state index contributed by atoms with van der Waals surface area (Å²) in [6.07, 6.45) is 4.32. The van der Waals surface area contributed by atoms with E-state index in [1.54, 1.807) is 0 Å². The van der Waals surface area contributed by atoms with Crippen molar-refractivity contribution < 1.29 is 29.1 Å². The summed E-state index contributed by atoms with van der Waals surface area (Å²) in [6, 6.07) is 3.84. The van der Waals surface area contributed by atoms with Crippen LogP contribution in [0.1, 0.15) is 38.5 Å². The van der Waals surface area contributed by atoms with E-state index in [-0.39, 0.29) is 17.1 Å². The maximum absolute atomic E-state index is 12.8. The monoisotopic (exact) mass is 404 g/mol. The van der Waals surface area contributed by atoms with Gasteiger partial charge < -0.3 is 19.9 Å². The smallest absolute Gasteiger partial charge is 0.312 e. The zero-order chi connectivity index (χ0) is 20.8. The number of carbonyl (C=O) groups excluding carboxylic acids is 2. The van der Waals surface area contributed by atoms with Crippen LogP contribution in [0.4, 0.5) is 11.4 Å². The van der Waals surface area contributed by atoms with Gasteiger partial charge in [0, 0.05) is 12.1 Å². The number of nitrogens with one attached hydrogen (secondary N) is 1. The van der Waals surface area contributed by atoms with E-state index < -0.39 is 34.4 Å². The predicted molar refractivity (Wildman–Crippen MR) is 101 cm³/mol. The Morgan fingerprint density at radius 2 is 1.97 bits per heavy atom. The molecule has 1 aromatic carbocycles. The maximum Gasteiger partial charge on any atom is 0.312 e. The van der Waals surface area contributed by atoms with Crippen LogP contribution in [0.3, 0.4) is 0 Å². The first-order chi connectivity index (χ1) is 13.7. The molecule has 0 saturated heterocycles. The van der Waals surface area contributed by atoms with Crippen molar-refractivity contribution in [1.29, 1.82) is 0 Å². The summed E-state index contributed by atoms with van der Waals surface area (Å²) in [7, 11) is 1.38. The SMILES string of the molecule is COc1ccc([N+](=O)[O-])cc1NC(=O)COC(=O)C12C[C@H]3C[C@@H](CC(O)(C3)C1)C2. The molecule has 9 heteroatoms. The normalized spacial score (nSPS) is 31.9. The van der Waals surface area contributed by atoms with Gasteiger partial charge in [0.05, 0.1) is 28.7 Å². The van der Waals surface area contributed by atoms with Crippen LogP contribution in [0.2, 0.25) is 0 Å². The Labute approximate surface area is 167 Å². The van der Waals surface area contributed by atoms with Gasteiger partial charge in [-0.3, -0.25) is 19.7 Å². The number of hydrogen-bond acceptors (Lipinski definition) is 7. The molecular weight excluding hydrogens is 380 g/mol. The van der Waals surface area contributed by atoms with Gasteiger partial charge in [0.1, 0.15) is 5.75 Å². The molecule has 5 rings (SSSR count). The molecule has 2 atom stereocenters. The number of nitrogens with zero attached hydrogens (tertiary/aromatic N) is 1. The summed E-state index contributed by atoms with van der Waals surface area (Å²) >= 11 is 0. The van der Waals surface area contributed by atoms with E-state index in [9.17, 15) is 24.8 Å². The number of amides is 1. The molecule has 4 fully saturated rings. The largest absolute Gasteiger partial charge is 0.495 e. The molecule has 0 spiro atoms. The second kappa shape index (κ2) is 6.98. The van der Waals surface area contributed by atoms with Crippen molar-refractivity contribution in [3.05, 3.63) is 28.3 Å². The van der Waals surface area contributed by atoms with Gasteiger partial charge in [-0.15, -0.1) is 0 Å². The number of benzene rings is 1. The number of ether oxygens (including phenoxy) is 2. The Hall–Kier alpha value is -2.68. The summed E-state index contributed by atoms with van der Waals surface area (Å²) in [5.74, 6) is -0.126. The second-order valence-electron chi connectivity index (χ2n) is 8.73. The van der Waals surface area contributed by atoms with Gasteiger partial charge in [0.2, 0.25) is 0 Å². The van der Waals surface area contributed by atoms with Crippen LogP contribution in [0, 0.1) is 27.4 Å². The first kappa shape index (κ1) is 19.6. The van der Waals surface area contributed by atoms with Crippen molar-refractivity contribution in [3.8, 4) is 5.75 Å². The minimum absolute atomic E-state index is 0.131. The number of esters is 1. The Morgan fingerprint density at radius 1 is 1.28 bits per heavy atom. The molecule has 1 aromatic rings. The molecule has 0 heterocycles. The highest BCUT2D eigenvalue weighted by molar-refractivity contribution is 5.95. The molecular formula is C20H24N2O7. The highest BCUT2D eigenvalue weighted by Gasteiger charge is 2.60. The van der Waals surface area contributed by atoms with Gasteiger partial charge in [-0.25, -0.2) is 0 Å². The first-order valence-corrected chi connectivity index (χ1v) is 9.74. The molecule has 9 nitrogen and oxygen atoms in total. The summed E-state index contributed by atoms with van der Waals surface area (Å²) < 4.78 is 10.4. The van der Waals surface area contributed by atoms with Gasteiger partial charge in [-0.2, -0.15) is 0 Å². The third-order valence-corrected chi connectivity index (χ3v) is 6.47. The lowest BCUT2D eigenvalue weighted by atomic mass is 9.48. The van der Waals surface area contributed by atoms with Crippen LogP contribution < -0.4 is 10.1 Å². The molecule has 156 valence electrons. The summed E-state index contributed by atoms with van der Waals surface area (Å²) in [4.78, 5) is 35.5. The zero-order valence-electron chi connectivity index (χ0n) is 16.2. The lowest BCUT2D eigenvalue weighted by Gasteiger charge is -2.58. The highest BCUT2D eigenvalue weighted by atomic mass is 16.6. The lowest BCUT2D eigenvalue weighted by Crippen LogP contribution is -2.58. The van der Waals surface area contributed by atoms with Gasteiger partial charge in [-0.05, 0) is 56.4 Å². The number of nitro benzene ring substituents is 1. The average Bonchev–Trinajstić information content (AvgIpc) is 2.64. The molecule has 4 aliphatic rings. The van der Waals surface area contributed by atoms with Crippen LogP contribution >= 0.6 is 0 Å². The number of anilines is 1. The van der Waals surface area contributed by atoms with E-state index >= 15 is 0 Å². The molecule has 4 aliphatic carbocycles. The van der Waals surface area contributed by atoms with E-state index in [0.717, 1.165) is 19.3 Å². The zero-order valence-corrected chi connectivity index (χ0v) is 16.2. The molecule has 4 bridgehead atoms. The van der Waals surface area contributed by atoms with Crippen LogP contribution in [-0.2, 0) is 14.3 Å². The number of hydrogen-bond donors (Lipinski definition) is 2. The van der Waals surface area contributed by atoms with Crippen LogP contribution in [0.25, 0.3) is 0 Å². The fourth-order valence-corrected chi connectivity index (χ4v) is 5.83. The van der Waals surface area contributed by atoms with Crippen LogP contribution in [0.5, 0.6) is 5.75 Å². The fraction of sp³-hybridized carbons (Fsp3) is 0.600. The first-order valence-electron chi connectivity index (χ1n) is 9.74. The maximum atomic E-state index is 12.8. The predicted octanol–water partition coefficient (Wildman–Crippen LogP) is 2.42. The Balaban J connectivity index is 1.40. The standard InChI is InChI=1S/C20H24N2O7/c1-28-16-3-2-14(22(26)27)5-15(16)21-17(23)10-29-18(24)19-6-12-4-13(7-19)9-20(25,8-12)11-19/h2-3,5,12-13,25H,4,6-11H2,1H3,(H,21,23)/t12-,13-,19?,20?/m1/s1. The van der Waals surface area contributed by atoms with Crippen LogP contribution in [0.15, 0.2) is 18.2 Å². The topological polar surface area (TPSA) is 128 Å². The van der Waals surface area contributed by atoms with Crippen LogP contribution in [-0.4, -0.2) is 41.2 Å². The average molecular weight is 404 g/mol. The van der Waals surface area contributed by atoms with Crippen molar-refractivity contribution in [2.45, 2.75) is 44.1 Å². The van der Waals surface area contributed by atoms with Crippen molar-refractivity contribution in [2.24, 2.45) is 17.3 Å². The minimum Gasteiger partial charge on any atom is -0.495 e. The van der Waals surface area contributed by atoms with Crippen molar-refractivity contribution in [3.63, 3.8) is 0 Å². The molecule has 0 aliphatic heterocycles. The van der Waals surface area contributed by atoms with Gasteiger partial charge >= 0.3 is 5.97 Å². The number of carbonyl (C=O) groups is 2. The number of nitro groups is 1. The van der Waals surface area contributed by atoms with Crippen molar-refractivity contribution in [2.75, 3.05) is 19.0 Å². The van der Waals surface area contributed by atoms with E-state index in [4.69, 9.17) is 9.47 Å². The molecule has 1 amide bonds. The molecule has 29 heavy (non-hydrogen) atoms. The third-order valence-electron chi connectivity index (χ3n) is 6.47. The molecule has 2 N–H and O–H groups in total. The van der Waals surface area contributed by atoms with Crippen molar-refractivity contribution in [1.82, 2.24) is 0 Å². The number of non-ortho nitro benzene ring substituents is 1. The lowest BCUT2D eigenvalue weighted by molar-refractivity contribution is -0.384. The fourth-order valence-electron chi connectivity index (χ4n) is 5.83. The number of aliphatic hydroxyl groups is 1. The summed E-state index contributed by atoms with van der Waals surface area (Å²) in [6.45, 7) is -0.500. The summed E-state index contributed by atoms with van der Waals surface area (Å²) in [5, 5.41) is 24.2. The molecule has 4 saturated carbocycles. The minimum atomic E-state index is -0.790. The van der Waals surface area contributed by atoms with Gasteiger partial charge in [0.25, 0.3) is 11.6 Å². The van der Waals surface area contributed by atoms with Gasteiger partial charge in [0.15, 0.2) is 6.61 Å². The quantitative estimate of drug-likeness (QED) is 0.423. The molecule has 0 radical (unpaired) electrons. The van der Waals surface area contributed by atoms with Crippen molar-refractivity contribution >= 4 is 23.3 Å². The Kier molecular flexibility index (Phi) is 4.72. The van der Waals surface area contributed by atoms with Gasteiger partial charge in [-0.1, -0.05) is 0 Å². The Morgan fingerprint density at radius 3 is 2.55 bits per heavy atom. The van der Waals surface area contributed by atoms with E-state index in [2.05, 4.69) is 5.32 Å². The molecule has 0 unspecified atom stereocenters. The third kappa shape index (κ3) is 3.66. The second-order valence-corrected chi connectivity index (χ2v) is 8.73.